The molecule has 0 saturated heterocycles. The molecular weight excluding hydrogens is 192 g/mol. The molecule has 0 aliphatic rings. The zero-order chi connectivity index (χ0) is 11.1. The van der Waals surface area contributed by atoms with E-state index in [9.17, 15) is 24.6 Å². The van der Waals surface area contributed by atoms with Crippen molar-refractivity contribution >= 4 is 17.9 Å². The highest BCUT2D eigenvalue weighted by Crippen LogP contribution is 2.01. The summed E-state index contributed by atoms with van der Waals surface area (Å²) in [5, 5.41) is 20.3. The Morgan fingerprint density at radius 1 is 1.29 bits per heavy atom. The molecule has 0 spiro atoms. The predicted octanol–water partition coefficient (Wildman–Crippen LogP) is -2.63. The highest BCUT2D eigenvalue weighted by Gasteiger charge is 2.07. The van der Waals surface area contributed by atoms with Gasteiger partial charge < -0.3 is 24.5 Å². The van der Waals surface area contributed by atoms with Crippen LogP contribution in [0.5, 0.6) is 0 Å². The van der Waals surface area contributed by atoms with E-state index in [4.69, 9.17) is 0 Å². The second kappa shape index (κ2) is 5.74. The Labute approximate surface area is 79.8 Å². The topological polar surface area (TPSA) is 107 Å². The second-order valence-electron chi connectivity index (χ2n) is 2.26. The fourth-order valence-electron chi connectivity index (χ4n) is 0.692. The lowest BCUT2D eigenvalue weighted by molar-refractivity contribution is -0.303. The lowest BCUT2D eigenvalue weighted by Crippen LogP contribution is -2.29. The predicted molar refractivity (Wildman–Crippen MR) is 39.3 cm³/mol. The van der Waals surface area contributed by atoms with Gasteiger partial charge in [0, 0.05) is 0 Å². The molecule has 0 aromatic heterocycles. The van der Waals surface area contributed by atoms with Crippen LogP contribution in [0.1, 0.15) is 13.3 Å². The fraction of sp³-hybridized carbons (Fsp3) is 0.375. The number of esters is 1. The minimum absolute atomic E-state index is 0.0878. The quantitative estimate of drug-likeness (QED) is 0.355. The Bertz CT molecular complexity index is 278. The van der Waals surface area contributed by atoms with Crippen molar-refractivity contribution in [2.75, 3.05) is 6.61 Å². The Morgan fingerprint density at radius 2 is 1.86 bits per heavy atom. The summed E-state index contributed by atoms with van der Waals surface area (Å²) < 4.78 is 4.42. The maximum atomic E-state index is 10.8. The number of carboxylic acids is 2. The summed E-state index contributed by atoms with van der Waals surface area (Å²) in [5.41, 5.74) is -0.677. The number of ether oxygens (including phenoxy) is 1. The molecule has 0 bridgehead atoms. The van der Waals surface area contributed by atoms with Crippen molar-refractivity contribution in [3.05, 3.63) is 11.6 Å². The molecule has 0 unspecified atom stereocenters. The number of carboxylic acid groups (broad SMARTS) is 2. The Kier molecular flexibility index (Phi) is 4.98. The van der Waals surface area contributed by atoms with E-state index >= 15 is 0 Å². The van der Waals surface area contributed by atoms with E-state index in [1.807, 2.05) is 0 Å². The largest absolute Gasteiger partial charge is 0.545 e. The fourth-order valence-corrected chi connectivity index (χ4v) is 0.692. The first-order valence-corrected chi connectivity index (χ1v) is 3.75. The molecule has 0 aromatic rings. The van der Waals surface area contributed by atoms with Crippen LogP contribution < -0.4 is 10.2 Å². The molecule has 14 heavy (non-hydrogen) atoms. The number of hydrogen-bond donors (Lipinski definition) is 0. The van der Waals surface area contributed by atoms with Crippen LogP contribution in [0.3, 0.4) is 0 Å². The number of carbonyl (C=O) groups excluding carboxylic acids is 3. The van der Waals surface area contributed by atoms with Crippen LogP contribution in [0.2, 0.25) is 0 Å². The Morgan fingerprint density at radius 3 is 2.21 bits per heavy atom. The number of aliphatic carboxylic acids is 2. The summed E-state index contributed by atoms with van der Waals surface area (Å²) in [6.45, 7) is 1.63. The van der Waals surface area contributed by atoms with Crippen LogP contribution in [0.25, 0.3) is 0 Å². The van der Waals surface area contributed by atoms with E-state index in [1.165, 1.54) is 0 Å². The van der Waals surface area contributed by atoms with Crippen molar-refractivity contribution < 1.29 is 29.3 Å². The van der Waals surface area contributed by atoms with Crippen molar-refractivity contribution in [3.63, 3.8) is 0 Å². The van der Waals surface area contributed by atoms with Crippen molar-refractivity contribution in [2.45, 2.75) is 13.3 Å². The molecule has 0 atom stereocenters. The third kappa shape index (κ3) is 4.91. The first-order valence-electron chi connectivity index (χ1n) is 3.75. The van der Waals surface area contributed by atoms with E-state index in [-0.39, 0.29) is 6.61 Å². The highest BCUT2D eigenvalue weighted by molar-refractivity contribution is 5.96. The van der Waals surface area contributed by atoms with Gasteiger partial charge in [0.1, 0.15) is 0 Å². The van der Waals surface area contributed by atoms with Crippen LogP contribution >= 0.6 is 0 Å². The van der Waals surface area contributed by atoms with Crippen molar-refractivity contribution in [1.82, 2.24) is 0 Å². The third-order valence-corrected chi connectivity index (χ3v) is 1.19. The first kappa shape index (κ1) is 12.2. The average Bonchev–Trinajstić information content (AvgIpc) is 2.02. The lowest BCUT2D eigenvalue weighted by atomic mass is 10.2. The van der Waals surface area contributed by atoms with E-state index in [0.29, 0.717) is 6.08 Å². The van der Waals surface area contributed by atoms with Crippen LogP contribution in [0.15, 0.2) is 11.6 Å². The Hall–Kier alpha value is -1.85. The molecule has 0 N–H and O–H groups in total. The maximum Gasteiger partial charge on any atom is 0.310 e. The minimum Gasteiger partial charge on any atom is -0.545 e. The average molecular weight is 200 g/mol. The van der Waals surface area contributed by atoms with E-state index in [1.54, 1.807) is 6.92 Å². The summed E-state index contributed by atoms with van der Waals surface area (Å²) in [5.74, 6) is -4.26. The molecule has 0 aliphatic heterocycles. The van der Waals surface area contributed by atoms with E-state index < -0.39 is 29.9 Å². The summed E-state index contributed by atoms with van der Waals surface area (Å²) in [4.78, 5) is 31.1. The number of hydrogen-bond acceptors (Lipinski definition) is 6. The van der Waals surface area contributed by atoms with Gasteiger partial charge in [0.2, 0.25) is 0 Å². The van der Waals surface area contributed by atoms with Crippen molar-refractivity contribution in [2.24, 2.45) is 0 Å². The molecule has 0 fully saturated rings. The summed E-state index contributed by atoms with van der Waals surface area (Å²) in [7, 11) is 0. The van der Waals surface area contributed by atoms with Gasteiger partial charge in [-0.25, -0.2) is 0 Å². The van der Waals surface area contributed by atoms with Gasteiger partial charge in [-0.15, -0.1) is 0 Å². The molecular formula is C8H8O6-2. The van der Waals surface area contributed by atoms with Crippen LogP contribution in [-0.2, 0) is 19.1 Å². The number of rotatable bonds is 5. The van der Waals surface area contributed by atoms with Gasteiger partial charge in [-0.2, -0.15) is 0 Å². The standard InChI is InChI=1S/C8H10O6/c1-2-14-7(11)4-5(8(12)13)3-6(9)10/h3H,2,4H2,1H3,(H,9,10)(H,12,13)/p-2/b5-3-. The maximum absolute atomic E-state index is 10.8. The highest BCUT2D eigenvalue weighted by atomic mass is 16.5. The van der Waals surface area contributed by atoms with Gasteiger partial charge in [-0.1, -0.05) is 0 Å². The second-order valence-corrected chi connectivity index (χ2v) is 2.26. The zero-order valence-corrected chi connectivity index (χ0v) is 7.44. The van der Waals surface area contributed by atoms with Crippen molar-refractivity contribution in [1.29, 1.82) is 0 Å². The molecule has 0 rings (SSSR count). The van der Waals surface area contributed by atoms with Crippen LogP contribution in [0.4, 0.5) is 0 Å². The molecule has 0 saturated carbocycles. The van der Waals surface area contributed by atoms with Gasteiger partial charge in [0.25, 0.3) is 0 Å². The monoisotopic (exact) mass is 200 g/mol. The molecule has 0 radical (unpaired) electrons. The molecule has 0 heterocycles. The van der Waals surface area contributed by atoms with Gasteiger partial charge >= 0.3 is 5.97 Å². The third-order valence-electron chi connectivity index (χ3n) is 1.19. The van der Waals surface area contributed by atoms with Crippen LogP contribution in [0, 0.1) is 0 Å². The Balaban J connectivity index is 4.47. The normalized spacial score (nSPS) is 10.8. The van der Waals surface area contributed by atoms with Crippen LogP contribution in [-0.4, -0.2) is 24.5 Å². The first-order chi connectivity index (χ1) is 6.47. The lowest BCUT2D eigenvalue weighted by Gasteiger charge is -2.08. The minimum atomic E-state index is -1.73. The van der Waals surface area contributed by atoms with Gasteiger partial charge in [0.05, 0.1) is 25.0 Å². The molecule has 6 nitrogen and oxygen atoms in total. The van der Waals surface area contributed by atoms with Gasteiger partial charge in [-0.3, -0.25) is 4.79 Å². The van der Waals surface area contributed by atoms with Gasteiger partial charge in [0.15, 0.2) is 0 Å². The zero-order valence-electron chi connectivity index (χ0n) is 7.44. The molecule has 0 amide bonds. The van der Waals surface area contributed by atoms with E-state index in [2.05, 4.69) is 4.74 Å². The number of carbonyl (C=O) groups is 3. The van der Waals surface area contributed by atoms with Gasteiger partial charge in [-0.05, 0) is 18.6 Å². The summed E-state index contributed by atoms with van der Waals surface area (Å²) in [6.07, 6.45) is -0.351. The molecule has 6 heteroatoms. The molecule has 0 aromatic carbocycles. The molecule has 78 valence electrons. The SMILES string of the molecule is CCOC(=O)C/C(=C/C(=O)[O-])C(=O)[O-]. The summed E-state index contributed by atoms with van der Waals surface area (Å²) >= 11 is 0. The molecule has 0 aliphatic carbocycles. The van der Waals surface area contributed by atoms with E-state index in [0.717, 1.165) is 0 Å². The smallest absolute Gasteiger partial charge is 0.310 e. The summed E-state index contributed by atoms with van der Waals surface area (Å²) in [6, 6.07) is 0. The van der Waals surface area contributed by atoms with Crippen molar-refractivity contribution in [3.8, 4) is 0 Å².